The van der Waals surface area contributed by atoms with Crippen LogP contribution in [0.1, 0.15) is 43.3 Å². The second-order valence-corrected chi connectivity index (χ2v) is 5.14. The number of hydrogen-bond donors (Lipinski definition) is 1. The van der Waals surface area contributed by atoms with E-state index in [-0.39, 0.29) is 0 Å². The van der Waals surface area contributed by atoms with Gasteiger partial charge in [0, 0.05) is 29.1 Å². The van der Waals surface area contributed by atoms with Crippen molar-refractivity contribution in [3.05, 3.63) is 16.1 Å². The Kier molecular flexibility index (Phi) is 2.88. The van der Waals surface area contributed by atoms with Crippen LogP contribution in [0.15, 0.2) is 5.38 Å². The Bertz CT molecular complexity index is 308. The summed E-state index contributed by atoms with van der Waals surface area (Å²) in [5.74, 6) is 0.647. The van der Waals surface area contributed by atoms with E-state index in [1.54, 1.807) is 0 Å². The van der Waals surface area contributed by atoms with Crippen LogP contribution in [0.25, 0.3) is 0 Å². The second-order valence-electron chi connectivity index (χ2n) is 4.25. The van der Waals surface area contributed by atoms with Crippen LogP contribution >= 0.6 is 11.3 Å². The van der Waals surface area contributed by atoms with E-state index < -0.39 is 0 Å². The number of hydrogen-bond acceptors (Lipinski definition) is 3. The van der Waals surface area contributed by atoms with Crippen LogP contribution < -0.4 is 5.32 Å². The van der Waals surface area contributed by atoms with Gasteiger partial charge in [0.1, 0.15) is 0 Å². The largest absolute Gasteiger partial charge is 0.311 e. The monoisotopic (exact) mass is 210 g/mol. The van der Waals surface area contributed by atoms with E-state index >= 15 is 0 Å². The predicted octanol–water partition coefficient (Wildman–Crippen LogP) is 2.70. The van der Waals surface area contributed by atoms with E-state index in [0.717, 1.165) is 0 Å². The Morgan fingerprint density at radius 2 is 2.43 bits per heavy atom. The van der Waals surface area contributed by atoms with Crippen LogP contribution in [0.2, 0.25) is 0 Å². The maximum Gasteiger partial charge on any atom is 0.0975 e. The predicted molar refractivity (Wildman–Crippen MR) is 60.9 cm³/mol. The number of nitrogens with one attached hydrogen (secondary N) is 1. The molecule has 3 heteroatoms. The normalized spacial score (nSPS) is 32.4. The summed E-state index contributed by atoms with van der Waals surface area (Å²) in [5.41, 5.74) is 1.17. The van der Waals surface area contributed by atoms with Gasteiger partial charge in [0.05, 0.1) is 5.01 Å². The van der Waals surface area contributed by atoms with Crippen molar-refractivity contribution in [1.29, 1.82) is 0 Å². The van der Waals surface area contributed by atoms with Gasteiger partial charge in [-0.2, -0.15) is 0 Å². The van der Waals surface area contributed by atoms with E-state index in [1.165, 1.54) is 23.5 Å². The summed E-state index contributed by atoms with van der Waals surface area (Å²) in [7, 11) is 0. The summed E-state index contributed by atoms with van der Waals surface area (Å²) in [5, 5.41) is 7.11. The van der Waals surface area contributed by atoms with Crippen molar-refractivity contribution in [2.45, 2.75) is 51.6 Å². The Balaban J connectivity index is 2.17. The molecule has 0 amide bonds. The molecule has 2 heterocycles. The molecule has 3 unspecified atom stereocenters. The average molecular weight is 210 g/mol. The molecule has 2 nitrogen and oxygen atoms in total. The van der Waals surface area contributed by atoms with Crippen LogP contribution in [0, 0.1) is 6.92 Å². The highest BCUT2D eigenvalue weighted by Gasteiger charge is 2.32. The molecule has 0 aliphatic carbocycles. The first-order chi connectivity index (χ1) is 6.70. The molecule has 0 radical (unpaired) electrons. The lowest BCUT2D eigenvalue weighted by Crippen LogP contribution is -2.28. The standard InChI is InChI=1S/C11H18N2S/c1-4-10-9(5-7(2)12-10)11-13-8(3)6-14-11/h6-7,9-10,12H,4-5H2,1-3H3. The van der Waals surface area contributed by atoms with Gasteiger partial charge in [-0.15, -0.1) is 11.3 Å². The van der Waals surface area contributed by atoms with Gasteiger partial charge >= 0.3 is 0 Å². The molecule has 1 aromatic rings. The molecule has 14 heavy (non-hydrogen) atoms. The molecule has 1 fully saturated rings. The lowest BCUT2D eigenvalue weighted by molar-refractivity contribution is 0.516. The van der Waals surface area contributed by atoms with Crippen LogP contribution in [-0.4, -0.2) is 17.1 Å². The minimum absolute atomic E-state index is 0.635. The van der Waals surface area contributed by atoms with Crippen molar-refractivity contribution >= 4 is 11.3 Å². The number of nitrogens with zero attached hydrogens (tertiary/aromatic N) is 1. The second kappa shape index (κ2) is 3.99. The number of aromatic nitrogens is 1. The van der Waals surface area contributed by atoms with Crippen molar-refractivity contribution in [2.75, 3.05) is 0 Å². The van der Waals surface area contributed by atoms with Crippen molar-refractivity contribution < 1.29 is 0 Å². The van der Waals surface area contributed by atoms with E-state index in [4.69, 9.17) is 0 Å². The molecule has 78 valence electrons. The molecule has 0 spiro atoms. The minimum atomic E-state index is 0.635. The maximum absolute atomic E-state index is 4.60. The summed E-state index contributed by atoms with van der Waals surface area (Å²) in [6, 6.07) is 1.28. The van der Waals surface area contributed by atoms with Gasteiger partial charge in [0.15, 0.2) is 0 Å². The topological polar surface area (TPSA) is 24.9 Å². The van der Waals surface area contributed by atoms with Gasteiger partial charge in [-0.25, -0.2) is 4.98 Å². The number of aryl methyl sites for hydroxylation is 1. The first kappa shape index (κ1) is 10.1. The molecule has 2 rings (SSSR count). The minimum Gasteiger partial charge on any atom is -0.311 e. The first-order valence-electron chi connectivity index (χ1n) is 5.38. The highest BCUT2D eigenvalue weighted by Crippen LogP contribution is 2.33. The van der Waals surface area contributed by atoms with Gasteiger partial charge in [0.2, 0.25) is 0 Å². The Labute approximate surface area is 89.8 Å². The summed E-state index contributed by atoms with van der Waals surface area (Å²) in [6.45, 7) is 6.60. The zero-order valence-electron chi connectivity index (χ0n) is 9.08. The number of rotatable bonds is 2. The van der Waals surface area contributed by atoms with Gasteiger partial charge < -0.3 is 5.32 Å². The van der Waals surface area contributed by atoms with Crippen LogP contribution in [0.3, 0.4) is 0 Å². The maximum atomic E-state index is 4.60. The molecule has 1 aliphatic rings. The molecule has 0 aromatic carbocycles. The highest BCUT2D eigenvalue weighted by atomic mass is 32.1. The molecular weight excluding hydrogens is 192 g/mol. The zero-order chi connectivity index (χ0) is 10.1. The van der Waals surface area contributed by atoms with Crippen LogP contribution in [0.5, 0.6) is 0 Å². The quantitative estimate of drug-likeness (QED) is 0.812. The fraction of sp³-hybridized carbons (Fsp3) is 0.727. The highest BCUT2D eigenvalue weighted by molar-refractivity contribution is 7.09. The Morgan fingerprint density at radius 3 is 3.00 bits per heavy atom. The van der Waals surface area contributed by atoms with E-state index in [2.05, 4.69) is 36.5 Å². The molecule has 0 saturated carbocycles. The van der Waals surface area contributed by atoms with Crippen molar-refractivity contribution in [3.8, 4) is 0 Å². The van der Waals surface area contributed by atoms with Gasteiger partial charge in [-0.3, -0.25) is 0 Å². The summed E-state index contributed by atoms with van der Waals surface area (Å²) in [6.07, 6.45) is 2.44. The van der Waals surface area contributed by atoms with Crippen molar-refractivity contribution in [1.82, 2.24) is 10.3 Å². The zero-order valence-corrected chi connectivity index (χ0v) is 9.90. The molecule has 3 atom stereocenters. The van der Waals surface area contributed by atoms with Gasteiger partial charge in [-0.05, 0) is 26.7 Å². The van der Waals surface area contributed by atoms with E-state index in [1.807, 2.05) is 11.3 Å². The fourth-order valence-electron chi connectivity index (χ4n) is 2.31. The molecular formula is C11H18N2S. The Morgan fingerprint density at radius 1 is 1.64 bits per heavy atom. The third-order valence-corrected chi connectivity index (χ3v) is 4.08. The summed E-state index contributed by atoms with van der Waals surface area (Å²) >= 11 is 1.82. The molecule has 1 saturated heterocycles. The Hall–Kier alpha value is -0.410. The van der Waals surface area contributed by atoms with Crippen LogP contribution in [-0.2, 0) is 0 Å². The fourth-order valence-corrected chi connectivity index (χ4v) is 3.29. The molecule has 1 aliphatic heterocycles. The summed E-state index contributed by atoms with van der Waals surface area (Å²) in [4.78, 5) is 4.60. The van der Waals surface area contributed by atoms with Crippen LogP contribution in [0.4, 0.5) is 0 Å². The first-order valence-corrected chi connectivity index (χ1v) is 6.26. The van der Waals surface area contributed by atoms with Gasteiger partial charge in [-0.1, -0.05) is 6.92 Å². The van der Waals surface area contributed by atoms with E-state index in [0.29, 0.717) is 18.0 Å². The molecule has 0 bridgehead atoms. The van der Waals surface area contributed by atoms with Crippen molar-refractivity contribution in [3.63, 3.8) is 0 Å². The third-order valence-electron chi connectivity index (χ3n) is 2.99. The lowest BCUT2D eigenvalue weighted by Gasteiger charge is -2.14. The average Bonchev–Trinajstić information content (AvgIpc) is 2.71. The van der Waals surface area contributed by atoms with E-state index in [9.17, 15) is 0 Å². The smallest absolute Gasteiger partial charge is 0.0975 e. The lowest BCUT2D eigenvalue weighted by atomic mass is 9.98. The molecule has 1 N–H and O–H groups in total. The SMILES string of the molecule is CCC1NC(C)CC1c1nc(C)cs1. The summed E-state index contributed by atoms with van der Waals surface area (Å²) < 4.78 is 0. The van der Waals surface area contributed by atoms with Crippen molar-refractivity contribution in [2.24, 2.45) is 0 Å². The third kappa shape index (κ3) is 1.84. The molecule has 1 aromatic heterocycles. The number of thiazole rings is 1. The van der Waals surface area contributed by atoms with Gasteiger partial charge in [0.25, 0.3) is 0 Å².